The minimum Gasteiger partial charge on any atom is -0.356 e. The highest BCUT2D eigenvalue weighted by molar-refractivity contribution is 5.79. The van der Waals surface area contributed by atoms with Crippen LogP contribution in [0.5, 0.6) is 0 Å². The summed E-state index contributed by atoms with van der Waals surface area (Å²) in [6, 6.07) is 1.25. The van der Waals surface area contributed by atoms with Crippen LogP contribution in [-0.4, -0.2) is 49.6 Å². The Balaban J connectivity index is 1.55. The maximum Gasteiger partial charge on any atom is 0.191 e. The van der Waals surface area contributed by atoms with Crippen LogP contribution < -0.4 is 10.6 Å². The smallest absolute Gasteiger partial charge is 0.191 e. The van der Waals surface area contributed by atoms with Gasteiger partial charge in [0.05, 0.1) is 0 Å². The molecule has 0 aromatic rings. The monoisotopic (exact) mass is 322 g/mol. The second kappa shape index (κ2) is 10.2. The Morgan fingerprint density at radius 1 is 1.09 bits per heavy atom. The number of hydrogen-bond donors (Lipinski definition) is 2. The predicted molar refractivity (Wildman–Crippen MR) is 100 cm³/mol. The van der Waals surface area contributed by atoms with Gasteiger partial charge in [0, 0.05) is 38.8 Å². The van der Waals surface area contributed by atoms with E-state index in [9.17, 15) is 0 Å². The molecule has 0 bridgehead atoms. The highest BCUT2D eigenvalue weighted by Crippen LogP contribution is 2.28. The zero-order valence-electron chi connectivity index (χ0n) is 15.6. The summed E-state index contributed by atoms with van der Waals surface area (Å²) in [6.07, 6.45) is 12.4. The van der Waals surface area contributed by atoms with E-state index < -0.39 is 0 Å². The maximum atomic E-state index is 4.39. The van der Waals surface area contributed by atoms with Gasteiger partial charge in [-0.1, -0.05) is 38.5 Å². The van der Waals surface area contributed by atoms with Crippen molar-refractivity contribution in [2.24, 2.45) is 10.9 Å². The standard InChI is InChI=1S/C19H38N4/c1-16(2)23-14-11-18(12-15-23)22-19(20-3)21-13-7-6-10-17-8-4-5-9-17/h16-18H,4-15H2,1-3H3,(H2,20,21,22). The number of nitrogens with one attached hydrogen (secondary N) is 2. The van der Waals surface area contributed by atoms with E-state index in [2.05, 4.69) is 34.4 Å². The Morgan fingerprint density at radius 2 is 1.78 bits per heavy atom. The van der Waals surface area contributed by atoms with Gasteiger partial charge in [0.1, 0.15) is 0 Å². The van der Waals surface area contributed by atoms with Crippen molar-refractivity contribution in [2.75, 3.05) is 26.7 Å². The molecule has 0 amide bonds. The molecule has 0 radical (unpaired) electrons. The van der Waals surface area contributed by atoms with Crippen LogP contribution in [0.25, 0.3) is 0 Å². The molecule has 2 aliphatic rings. The van der Waals surface area contributed by atoms with Crippen LogP contribution >= 0.6 is 0 Å². The summed E-state index contributed by atoms with van der Waals surface area (Å²) >= 11 is 0. The summed E-state index contributed by atoms with van der Waals surface area (Å²) in [6.45, 7) is 8.04. The second-order valence-electron chi connectivity index (χ2n) is 7.69. The first kappa shape index (κ1) is 18.6. The minimum atomic E-state index is 0.578. The number of guanidine groups is 1. The molecule has 23 heavy (non-hydrogen) atoms. The van der Waals surface area contributed by atoms with E-state index in [4.69, 9.17) is 0 Å². The summed E-state index contributed by atoms with van der Waals surface area (Å²) in [4.78, 5) is 6.96. The van der Waals surface area contributed by atoms with E-state index in [1.165, 1.54) is 70.9 Å². The van der Waals surface area contributed by atoms with Crippen LogP contribution in [0.1, 0.15) is 71.6 Å². The van der Waals surface area contributed by atoms with Crippen LogP contribution in [0.4, 0.5) is 0 Å². The first-order valence-corrected chi connectivity index (χ1v) is 9.90. The summed E-state index contributed by atoms with van der Waals surface area (Å²) in [5.74, 6) is 2.02. The van der Waals surface area contributed by atoms with E-state index in [-0.39, 0.29) is 0 Å². The Kier molecular flexibility index (Phi) is 8.21. The van der Waals surface area contributed by atoms with Crippen molar-refractivity contribution >= 4 is 5.96 Å². The average Bonchev–Trinajstić information content (AvgIpc) is 3.07. The van der Waals surface area contributed by atoms with Crippen LogP contribution in [0.3, 0.4) is 0 Å². The fraction of sp³-hybridized carbons (Fsp3) is 0.947. The van der Waals surface area contributed by atoms with Gasteiger partial charge in [-0.3, -0.25) is 4.99 Å². The zero-order chi connectivity index (χ0) is 16.5. The highest BCUT2D eigenvalue weighted by Gasteiger charge is 2.21. The average molecular weight is 323 g/mol. The van der Waals surface area contributed by atoms with Crippen LogP contribution in [0, 0.1) is 5.92 Å². The number of rotatable bonds is 7. The predicted octanol–water partition coefficient (Wildman–Crippen LogP) is 3.38. The Hall–Kier alpha value is -0.770. The van der Waals surface area contributed by atoms with Gasteiger partial charge in [-0.05, 0) is 39.0 Å². The van der Waals surface area contributed by atoms with E-state index in [0.29, 0.717) is 12.1 Å². The lowest BCUT2D eigenvalue weighted by atomic mass is 10.0. The number of likely N-dealkylation sites (tertiary alicyclic amines) is 1. The molecule has 0 spiro atoms. The molecule has 2 fully saturated rings. The molecule has 2 N–H and O–H groups in total. The molecule has 4 heteroatoms. The van der Waals surface area contributed by atoms with Crippen LogP contribution in [0.15, 0.2) is 4.99 Å². The number of aliphatic imine (C=N–C) groups is 1. The number of piperidine rings is 1. The first-order chi connectivity index (χ1) is 11.2. The maximum absolute atomic E-state index is 4.39. The number of nitrogens with zero attached hydrogens (tertiary/aromatic N) is 2. The van der Waals surface area contributed by atoms with Gasteiger partial charge in [-0.2, -0.15) is 0 Å². The highest BCUT2D eigenvalue weighted by atomic mass is 15.2. The fourth-order valence-corrected chi connectivity index (χ4v) is 4.01. The molecule has 0 atom stereocenters. The van der Waals surface area contributed by atoms with Gasteiger partial charge < -0.3 is 15.5 Å². The van der Waals surface area contributed by atoms with Crippen molar-refractivity contribution in [3.63, 3.8) is 0 Å². The third-order valence-electron chi connectivity index (χ3n) is 5.63. The fourth-order valence-electron chi connectivity index (χ4n) is 4.01. The normalized spacial score (nSPS) is 22.0. The molecule has 2 rings (SSSR count). The van der Waals surface area contributed by atoms with E-state index in [1.807, 2.05) is 7.05 Å². The third kappa shape index (κ3) is 6.70. The van der Waals surface area contributed by atoms with Crippen LogP contribution in [-0.2, 0) is 0 Å². The summed E-state index contributed by atoms with van der Waals surface area (Å²) in [7, 11) is 1.89. The molecule has 0 aromatic heterocycles. The molecular formula is C19H38N4. The van der Waals surface area contributed by atoms with E-state index >= 15 is 0 Å². The number of unbranched alkanes of at least 4 members (excludes halogenated alkanes) is 1. The minimum absolute atomic E-state index is 0.578. The molecule has 1 heterocycles. The lowest BCUT2D eigenvalue weighted by Gasteiger charge is -2.35. The molecule has 0 unspecified atom stereocenters. The zero-order valence-corrected chi connectivity index (χ0v) is 15.6. The molecule has 1 saturated carbocycles. The van der Waals surface area contributed by atoms with Crippen molar-refractivity contribution in [3.8, 4) is 0 Å². The van der Waals surface area contributed by atoms with Crippen molar-refractivity contribution in [3.05, 3.63) is 0 Å². The van der Waals surface area contributed by atoms with Crippen LogP contribution in [0.2, 0.25) is 0 Å². The van der Waals surface area contributed by atoms with Crippen molar-refractivity contribution in [2.45, 2.75) is 83.7 Å². The van der Waals surface area contributed by atoms with Gasteiger partial charge >= 0.3 is 0 Å². The van der Waals surface area contributed by atoms with Gasteiger partial charge in [0.25, 0.3) is 0 Å². The van der Waals surface area contributed by atoms with Crippen molar-refractivity contribution in [1.29, 1.82) is 0 Å². The van der Waals surface area contributed by atoms with Crippen molar-refractivity contribution < 1.29 is 0 Å². The van der Waals surface area contributed by atoms with Gasteiger partial charge in [-0.15, -0.1) is 0 Å². The lowest BCUT2D eigenvalue weighted by Crippen LogP contribution is -2.49. The summed E-state index contributed by atoms with van der Waals surface area (Å²) in [5, 5.41) is 7.11. The third-order valence-corrected chi connectivity index (χ3v) is 5.63. The van der Waals surface area contributed by atoms with E-state index in [1.54, 1.807) is 0 Å². The topological polar surface area (TPSA) is 39.7 Å². The summed E-state index contributed by atoms with van der Waals surface area (Å²) < 4.78 is 0. The Labute approximate surface area is 143 Å². The van der Waals surface area contributed by atoms with Gasteiger partial charge in [0.15, 0.2) is 5.96 Å². The lowest BCUT2D eigenvalue weighted by molar-refractivity contribution is 0.167. The largest absolute Gasteiger partial charge is 0.356 e. The first-order valence-electron chi connectivity index (χ1n) is 9.90. The molecule has 1 aliphatic heterocycles. The number of hydrogen-bond acceptors (Lipinski definition) is 2. The van der Waals surface area contributed by atoms with Gasteiger partial charge in [0.2, 0.25) is 0 Å². The molecule has 4 nitrogen and oxygen atoms in total. The molecular weight excluding hydrogens is 284 g/mol. The molecule has 134 valence electrons. The Bertz CT molecular complexity index is 339. The van der Waals surface area contributed by atoms with Crippen molar-refractivity contribution in [1.82, 2.24) is 15.5 Å². The summed E-state index contributed by atoms with van der Waals surface area (Å²) in [5.41, 5.74) is 0. The Morgan fingerprint density at radius 3 is 2.39 bits per heavy atom. The molecule has 1 saturated heterocycles. The molecule has 0 aromatic carbocycles. The quantitative estimate of drug-likeness (QED) is 0.429. The second-order valence-corrected chi connectivity index (χ2v) is 7.69. The van der Waals surface area contributed by atoms with E-state index in [0.717, 1.165) is 18.4 Å². The SMILES string of the molecule is CN=C(NCCCCC1CCCC1)NC1CCN(C(C)C)CC1. The molecule has 1 aliphatic carbocycles. The van der Waals surface area contributed by atoms with Gasteiger partial charge in [-0.25, -0.2) is 0 Å².